The first-order valence-electron chi connectivity index (χ1n) is 8.69. The van der Waals surface area contributed by atoms with Crippen LogP contribution in [0, 0.1) is 0 Å². The summed E-state index contributed by atoms with van der Waals surface area (Å²) in [7, 11) is 0. The van der Waals surface area contributed by atoms with E-state index < -0.39 is 5.78 Å². The highest BCUT2D eigenvalue weighted by atomic mass is 79.9. The molecule has 1 aromatic heterocycles. The number of halogens is 2. The number of ketones is 1. The molecule has 0 aliphatic carbocycles. The van der Waals surface area contributed by atoms with Gasteiger partial charge in [0.15, 0.2) is 6.29 Å². The number of nitrogens with zero attached hydrogens (tertiary/aromatic N) is 1. The second kappa shape index (κ2) is 7.86. The smallest absolute Gasteiger partial charge is 0.227 e. The van der Waals surface area contributed by atoms with Crippen LogP contribution in [-0.2, 0) is 11.2 Å². The zero-order chi connectivity index (χ0) is 19.7. The molecule has 0 atom stereocenters. The van der Waals surface area contributed by atoms with E-state index in [0.29, 0.717) is 11.8 Å². The predicted octanol–water partition coefficient (Wildman–Crippen LogP) is 6.13. The number of para-hydroxylation sites is 1. The highest BCUT2D eigenvalue weighted by Crippen LogP contribution is 2.30. The highest BCUT2D eigenvalue weighted by Gasteiger charge is 2.17. The third-order valence-corrected chi connectivity index (χ3v) is 5.72. The maximum absolute atomic E-state index is 12.2. The fourth-order valence-corrected chi connectivity index (χ4v) is 4.00. The van der Waals surface area contributed by atoms with E-state index in [1.165, 1.54) is 5.56 Å². The van der Waals surface area contributed by atoms with Crippen molar-refractivity contribution in [3.8, 4) is 5.69 Å². The van der Waals surface area contributed by atoms with Gasteiger partial charge in [-0.05, 0) is 53.9 Å². The normalized spacial score (nSPS) is 10.9. The standard InChI is InChI=1S/C23H15Br2NO2/c24-17-7-5-15(6-8-17)11-16-3-1-2-4-21(16)26-13-20(23(28)14-27)19-12-18(25)9-10-22(19)26/h1-10,12-14H,11H2. The number of carbonyl (C=O) groups excluding carboxylic acids is 2. The Hall–Kier alpha value is -2.50. The number of hydrogen-bond donors (Lipinski definition) is 0. The molecule has 1 heterocycles. The maximum Gasteiger partial charge on any atom is 0.227 e. The van der Waals surface area contributed by atoms with Crippen LogP contribution in [0.2, 0.25) is 0 Å². The lowest BCUT2D eigenvalue weighted by molar-refractivity contribution is -0.104. The molecule has 0 saturated heterocycles. The van der Waals surface area contributed by atoms with Crippen molar-refractivity contribution in [2.75, 3.05) is 0 Å². The molecule has 0 saturated carbocycles. The van der Waals surface area contributed by atoms with E-state index in [1.54, 1.807) is 6.20 Å². The minimum Gasteiger partial charge on any atom is -0.316 e. The van der Waals surface area contributed by atoms with Crippen molar-refractivity contribution in [1.29, 1.82) is 0 Å². The summed E-state index contributed by atoms with van der Waals surface area (Å²) in [4.78, 5) is 23.3. The van der Waals surface area contributed by atoms with Crippen molar-refractivity contribution >= 4 is 54.8 Å². The van der Waals surface area contributed by atoms with Gasteiger partial charge in [0.05, 0.1) is 11.1 Å². The van der Waals surface area contributed by atoms with E-state index in [1.807, 2.05) is 53.1 Å². The van der Waals surface area contributed by atoms with Crippen molar-refractivity contribution in [2.45, 2.75) is 6.42 Å². The van der Waals surface area contributed by atoms with E-state index in [2.05, 4.69) is 50.1 Å². The lowest BCUT2D eigenvalue weighted by Gasteiger charge is -2.12. The Labute approximate surface area is 179 Å². The van der Waals surface area contributed by atoms with E-state index >= 15 is 0 Å². The summed E-state index contributed by atoms with van der Waals surface area (Å²) < 4.78 is 3.90. The molecule has 0 fully saturated rings. The SMILES string of the molecule is O=CC(=O)c1cn(-c2ccccc2Cc2ccc(Br)cc2)c2ccc(Br)cc12. The van der Waals surface area contributed by atoms with E-state index in [4.69, 9.17) is 0 Å². The van der Waals surface area contributed by atoms with Crippen LogP contribution < -0.4 is 0 Å². The van der Waals surface area contributed by atoms with Gasteiger partial charge in [0.1, 0.15) is 0 Å². The summed E-state index contributed by atoms with van der Waals surface area (Å²) in [5, 5.41) is 0.755. The average molecular weight is 497 g/mol. The minimum absolute atomic E-state index is 0.369. The predicted molar refractivity (Wildman–Crippen MR) is 118 cm³/mol. The molecule has 5 heteroatoms. The number of carbonyl (C=O) groups is 2. The zero-order valence-corrected chi connectivity index (χ0v) is 17.9. The molecule has 0 amide bonds. The van der Waals surface area contributed by atoms with Crippen LogP contribution in [0.1, 0.15) is 21.5 Å². The van der Waals surface area contributed by atoms with Gasteiger partial charge in [-0.15, -0.1) is 0 Å². The molecule has 138 valence electrons. The van der Waals surface area contributed by atoms with E-state index in [9.17, 15) is 9.59 Å². The van der Waals surface area contributed by atoms with Gasteiger partial charge < -0.3 is 4.57 Å². The van der Waals surface area contributed by atoms with Crippen molar-refractivity contribution in [1.82, 2.24) is 4.57 Å². The summed E-state index contributed by atoms with van der Waals surface area (Å²) in [5.41, 5.74) is 4.61. The Morgan fingerprint density at radius 2 is 1.64 bits per heavy atom. The number of benzene rings is 3. The van der Waals surface area contributed by atoms with Gasteiger partial charge in [0.25, 0.3) is 0 Å². The molecule has 0 radical (unpaired) electrons. The number of hydrogen-bond acceptors (Lipinski definition) is 2. The molecule has 0 aliphatic heterocycles. The van der Waals surface area contributed by atoms with Crippen LogP contribution in [0.5, 0.6) is 0 Å². The lowest BCUT2D eigenvalue weighted by Crippen LogP contribution is -2.01. The number of rotatable bonds is 5. The summed E-state index contributed by atoms with van der Waals surface area (Å²) in [6, 6.07) is 22.1. The average Bonchev–Trinajstić information content (AvgIpc) is 3.08. The summed E-state index contributed by atoms with van der Waals surface area (Å²) in [6.07, 6.45) is 2.89. The van der Waals surface area contributed by atoms with E-state index in [-0.39, 0.29) is 0 Å². The Kier molecular flexibility index (Phi) is 5.29. The Balaban J connectivity index is 1.88. The zero-order valence-electron chi connectivity index (χ0n) is 14.7. The fraction of sp³-hybridized carbons (Fsp3) is 0.0435. The summed E-state index contributed by atoms with van der Waals surface area (Å²) >= 11 is 6.92. The first kappa shape index (κ1) is 18.8. The van der Waals surface area contributed by atoms with Crippen molar-refractivity contribution in [3.63, 3.8) is 0 Å². The Morgan fingerprint density at radius 3 is 2.39 bits per heavy atom. The van der Waals surface area contributed by atoms with Crippen LogP contribution in [0.3, 0.4) is 0 Å². The van der Waals surface area contributed by atoms with Crippen LogP contribution in [-0.4, -0.2) is 16.6 Å². The van der Waals surface area contributed by atoms with E-state index in [0.717, 1.165) is 37.5 Å². The van der Waals surface area contributed by atoms with Crippen LogP contribution in [0.25, 0.3) is 16.6 Å². The second-order valence-electron chi connectivity index (χ2n) is 6.49. The third kappa shape index (κ3) is 3.60. The molecular formula is C23H15Br2NO2. The third-order valence-electron chi connectivity index (χ3n) is 4.70. The van der Waals surface area contributed by atoms with Gasteiger partial charge in [-0.2, -0.15) is 0 Å². The van der Waals surface area contributed by atoms with Crippen LogP contribution in [0.4, 0.5) is 0 Å². The number of fused-ring (bicyclic) bond motifs is 1. The highest BCUT2D eigenvalue weighted by molar-refractivity contribution is 9.10. The van der Waals surface area contributed by atoms with Crippen molar-refractivity contribution in [3.05, 3.63) is 98.6 Å². The first-order valence-corrected chi connectivity index (χ1v) is 10.3. The van der Waals surface area contributed by atoms with Gasteiger partial charge in [0, 0.05) is 26.2 Å². The monoisotopic (exact) mass is 495 g/mol. The van der Waals surface area contributed by atoms with Gasteiger partial charge in [-0.1, -0.05) is 62.2 Å². The number of aldehydes is 1. The van der Waals surface area contributed by atoms with Crippen molar-refractivity contribution < 1.29 is 9.59 Å². The molecule has 3 nitrogen and oxygen atoms in total. The molecule has 4 rings (SSSR count). The molecular weight excluding hydrogens is 482 g/mol. The second-order valence-corrected chi connectivity index (χ2v) is 8.32. The molecule has 0 aliphatic rings. The molecule has 3 aromatic carbocycles. The number of Topliss-reactive ketones (excluding diaryl/α,β-unsaturated/α-hetero) is 1. The van der Waals surface area contributed by atoms with Crippen LogP contribution >= 0.6 is 31.9 Å². The molecule has 0 spiro atoms. The largest absolute Gasteiger partial charge is 0.316 e. The minimum atomic E-state index is -0.521. The number of aromatic nitrogens is 1. The Bertz CT molecular complexity index is 1190. The molecule has 0 N–H and O–H groups in total. The van der Waals surface area contributed by atoms with Gasteiger partial charge >= 0.3 is 0 Å². The van der Waals surface area contributed by atoms with Gasteiger partial charge in [-0.25, -0.2) is 0 Å². The summed E-state index contributed by atoms with van der Waals surface area (Å²) in [5.74, 6) is -0.521. The van der Waals surface area contributed by atoms with Crippen LogP contribution in [0.15, 0.2) is 81.9 Å². The molecule has 0 bridgehead atoms. The topological polar surface area (TPSA) is 39.1 Å². The molecule has 0 unspecified atom stereocenters. The Morgan fingerprint density at radius 1 is 0.929 bits per heavy atom. The molecule has 28 heavy (non-hydrogen) atoms. The first-order chi connectivity index (χ1) is 13.6. The van der Waals surface area contributed by atoms with Crippen molar-refractivity contribution in [2.24, 2.45) is 0 Å². The quantitative estimate of drug-likeness (QED) is 0.189. The molecule has 4 aromatic rings. The van der Waals surface area contributed by atoms with Gasteiger partial charge in [-0.3, -0.25) is 9.59 Å². The lowest BCUT2D eigenvalue weighted by atomic mass is 10.0. The maximum atomic E-state index is 12.2. The summed E-state index contributed by atoms with van der Waals surface area (Å²) in [6.45, 7) is 0. The fourth-order valence-electron chi connectivity index (χ4n) is 3.38. The van der Waals surface area contributed by atoms with Gasteiger partial charge in [0.2, 0.25) is 5.78 Å².